The molecule has 1 fully saturated rings. The van der Waals surface area contributed by atoms with E-state index in [1.807, 2.05) is 40.2 Å². The molecule has 0 saturated carbocycles. The fraction of sp³-hybridized carbons (Fsp3) is 0.500. The zero-order chi connectivity index (χ0) is 22.4. The number of nitrogens with zero attached hydrogens (tertiary/aromatic N) is 2. The lowest BCUT2D eigenvalue weighted by Crippen LogP contribution is -2.60. The molecule has 0 bridgehead atoms. The van der Waals surface area contributed by atoms with Gasteiger partial charge in [0.2, 0.25) is 5.91 Å². The predicted octanol–water partition coefficient (Wildman–Crippen LogP) is 3.36. The Labute approximate surface area is 184 Å². The average molecular weight is 428 g/mol. The summed E-state index contributed by atoms with van der Waals surface area (Å²) in [5.41, 5.74) is 1.73. The van der Waals surface area contributed by atoms with E-state index in [-0.39, 0.29) is 30.3 Å². The van der Waals surface area contributed by atoms with Gasteiger partial charge in [0.15, 0.2) is 11.5 Å². The van der Waals surface area contributed by atoms with Gasteiger partial charge in [-0.25, -0.2) is 4.79 Å². The van der Waals surface area contributed by atoms with Gasteiger partial charge in [-0.15, -0.1) is 0 Å². The number of ether oxygens (including phenoxy) is 2. The third kappa shape index (κ3) is 5.60. The van der Waals surface area contributed by atoms with E-state index in [9.17, 15) is 9.59 Å². The van der Waals surface area contributed by atoms with Gasteiger partial charge < -0.3 is 24.6 Å². The molecule has 7 nitrogen and oxygen atoms in total. The number of rotatable bonds is 6. The molecule has 31 heavy (non-hydrogen) atoms. The lowest BCUT2D eigenvalue weighted by molar-refractivity contribution is -0.133. The number of urea groups is 1. The molecule has 0 radical (unpaired) electrons. The second-order valence-electron chi connectivity index (χ2n) is 8.28. The van der Waals surface area contributed by atoms with Crippen LogP contribution < -0.4 is 14.8 Å². The molecule has 168 valence electrons. The van der Waals surface area contributed by atoms with E-state index in [2.05, 4.69) is 25.2 Å². The number of hydrogen-bond acceptors (Lipinski definition) is 4. The van der Waals surface area contributed by atoms with E-state index in [1.54, 1.807) is 14.2 Å². The minimum atomic E-state index is -0.0940. The molecular formula is C24H33N3O4. The number of hydrogen-bond donors (Lipinski definition) is 1. The van der Waals surface area contributed by atoms with E-state index < -0.39 is 0 Å². The molecule has 1 saturated heterocycles. The van der Waals surface area contributed by atoms with Crippen LogP contribution in [0, 0.1) is 5.92 Å². The summed E-state index contributed by atoms with van der Waals surface area (Å²) in [4.78, 5) is 29.6. The summed E-state index contributed by atoms with van der Waals surface area (Å²) in [6, 6.07) is 5.41. The molecule has 1 aromatic carbocycles. The highest BCUT2D eigenvalue weighted by molar-refractivity contribution is 5.80. The number of nitrogens with one attached hydrogen (secondary N) is 1. The van der Waals surface area contributed by atoms with Crippen LogP contribution in [0.25, 0.3) is 0 Å². The number of allylic oxidation sites excluding steroid dienone is 3. The van der Waals surface area contributed by atoms with Gasteiger partial charge >= 0.3 is 6.03 Å². The number of carbonyl (C=O) groups excluding carboxylic acids is 2. The largest absolute Gasteiger partial charge is 0.493 e. The molecule has 0 aromatic heterocycles. The van der Waals surface area contributed by atoms with Crippen LogP contribution in [0.1, 0.15) is 32.3 Å². The standard InChI is InChI=1S/C24H33N3O4/c1-17(2)20-16-26(12-13-27(20)24(29)25-19-8-6-5-7-9-19)23(28)15-18-10-11-21(30-3)22(14-18)31-4/h6,8-11,14,17,20H,5,7,12-13,15-16H2,1-4H3,(H,25,29). The van der Waals surface area contributed by atoms with Crippen molar-refractivity contribution in [1.82, 2.24) is 15.1 Å². The van der Waals surface area contributed by atoms with E-state index >= 15 is 0 Å². The van der Waals surface area contributed by atoms with Gasteiger partial charge in [-0.1, -0.05) is 32.1 Å². The summed E-state index contributed by atoms with van der Waals surface area (Å²) in [6.45, 7) is 5.76. The molecule has 1 atom stereocenters. The fourth-order valence-corrected chi connectivity index (χ4v) is 4.04. The van der Waals surface area contributed by atoms with Gasteiger partial charge in [-0.3, -0.25) is 4.79 Å². The van der Waals surface area contributed by atoms with Gasteiger partial charge in [0.1, 0.15) is 0 Å². The molecule has 3 rings (SSSR count). The van der Waals surface area contributed by atoms with E-state index in [0.29, 0.717) is 31.1 Å². The van der Waals surface area contributed by atoms with Crippen molar-refractivity contribution < 1.29 is 19.1 Å². The first-order chi connectivity index (χ1) is 14.9. The topological polar surface area (TPSA) is 71.1 Å². The molecule has 1 heterocycles. The van der Waals surface area contributed by atoms with Crippen molar-refractivity contribution >= 4 is 11.9 Å². The summed E-state index contributed by atoms with van der Waals surface area (Å²) in [5.74, 6) is 1.54. The SMILES string of the molecule is COc1ccc(CC(=O)N2CCN(C(=O)NC3=CCCC=C3)C(C(C)C)C2)cc1OC. The molecule has 7 heteroatoms. The number of benzene rings is 1. The quantitative estimate of drug-likeness (QED) is 0.756. The minimum absolute atomic E-state index is 0.0312. The molecule has 2 aliphatic rings. The van der Waals surface area contributed by atoms with Crippen LogP contribution in [0.5, 0.6) is 11.5 Å². The van der Waals surface area contributed by atoms with Crippen LogP contribution in [0.15, 0.2) is 42.1 Å². The van der Waals surface area contributed by atoms with Crippen LogP contribution in [-0.2, 0) is 11.2 Å². The van der Waals surface area contributed by atoms with Crippen LogP contribution in [0.4, 0.5) is 4.79 Å². The molecule has 3 amide bonds. The Balaban J connectivity index is 1.64. The zero-order valence-electron chi connectivity index (χ0n) is 18.9. The number of methoxy groups -OCH3 is 2. The Morgan fingerprint density at radius 2 is 1.90 bits per heavy atom. The van der Waals surface area contributed by atoms with Crippen molar-refractivity contribution in [3.8, 4) is 11.5 Å². The lowest BCUT2D eigenvalue weighted by atomic mass is 9.99. The Morgan fingerprint density at radius 3 is 2.55 bits per heavy atom. The average Bonchev–Trinajstić information content (AvgIpc) is 2.79. The predicted molar refractivity (Wildman–Crippen MR) is 120 cm³/mol. The van der Waals surface area contributed by atoms with Crippen molar-refractivity contribution in [1.29, 1.82) is 0 Å². The van der Waals surface area contributed by atoms with Gasteiger partial charge in [-0.2, -0.15) is 0 Å². The van der Waals surface area contributed by atoms with Crippen molar-refractivity contribution in [2.75, 3.05) is 33.9 Å². The maximum absolute atomic E-state index is 13.0. The summed E-state index contributed by atoms with van der Waals surface area (Å²) < 4.78 is 10.6. The maximum atomic E-state index is 13.0. The van der Waals surface area contributed by atoms with Crippen molar-refractivity contribution in [2.45, 2.75) is 39.2 Å². The van der Waals surface area contributed by atoms with Gasteiger partial charge in [0.05, 0.1) is 26.7 Å². The minimum Gasteiger partial charge on any atom is -0.493 e. The van der Waals surface area contributed by atoms with Crippen LogP contribution >= 0.6 is 0 Å². The van der Waals surface area contributed by atoms with Gasteiger partial charge in [-0.05, 0) is 42.5 Å². The summed E-state index contributed by atoms with van der Waals surface area (Å²) in [6.07, 6.45) is 8.31. The number of amides is 3. The van der Waals surface area contributed by atoms with Crippen molar-refractivity contribution in [3.05, 3.63) is 47.7 Å². The van der Waals surface area contributed by atoms with E-state index in [1.165, 1.54) is 0 Å². The molecule has 1 aromatic rings. The highest BCUT2D eigenvalue weighted by atomic mass is 16.5. The summed E-state index contributed by atoms with van der Waals surface area (Å²) in [5, 5.41) is 3.01. The Bertz CT molecular complexity index is 862. The van der Waals surface area contributed by atoms with Crippen LogP contribution in [-0.4, -0.2) is 61.6 Å². The Kier molecular flexibility index (Phi) is 7.60. The summed E-state index contributed by atoms with van der Waals surface area (Å²) >= 11 is 0. The highest BCUT2D eigenvalue weighted by Gasteiger charge is 2.34. The molecule has 1 aliphatic carbocycles. The third-order valence-electron chi connectivity index (χ3n) is 5.85. The summed E-state index contributed by atoms with van der Waals surface area (Å²) in [7, 11) is 3.17. The number of piperazine rings is 1. The van der Waals surface area contributed by atoms with Crippen LogP contribution in [0.2, 0.25) is 0 Å². The third-order valence-corrected chi connectivity index (χ3v) is 5.85. The number of carbonyl (C=O) groups is 2. The maximum Gasteiger partial charge on any atom is 0.322 e. The van der Waals surface area contributed by atoms with Gasteiger partial charge in [0, 0.05) is 25.3 Å². The Hall–Kier alpha value is -2.96. The van der Waals surface area contributed by atoms with Crippen molar-refractivity contribution in [3.63, 3.8) is 0 Å². The first-order valence-electron chi connectivity index (χ1n) is 10.9. The van der Waals surface area contributed by atoms with Crippen molar-refractivity contribution in [2.24, 2.45) is 5.92 Å². The van der Waals surface area contributed by atoms with E-state index in [4.69, 9.17) is 9.47 Å². The van der Waals surface area contributed by atoms with E-state index in [0.717, 1.165) is 24.1 Å². The molecule has 1 unspecified atom stereocenters. The highest BCUT2D eigenvalue weighted by Crippen LogP contribution is 2.28. The molecular weight excluding hydrogens is 394 g/mol. The second-order valence-corrected chi connectivity index (χ2v) is 8.28. The molecule has 1 N–H and O–H groups in total. The fourth-order valence-electron chi connectivity index (χ4n) is 4.04. The Morgan fingerprint density at radius 1 is 1.13 bits per heavy atom. The lowest BCUT2D eigenvalue weighted by Gasteiger charge is -2.43. The first-order valence-corrected chi connectivity index (χ1v) is 10.9. The normalized spacial score (nSPS) is 18.6. The first kappa shape index (κ1) is 22.7. The van der Waals surface area contributed by atoms with Crippen LogP contribution in [0.3, 0.4) is 0 Å². The molecule has 1 aliphatic heterocycles. The monoisotopic (exact) mass is 427 g/mol. The molecule has 0 spiro atoms. The smallest absolute Gasteiger partial charge is 0.322 e. The van der Waals surface area contributed by atoms with Gasteiger partial charge in [0.25, 0.3) is 0 Å². The zero-order valence-corrected chi connectivity index (χ0v) is 18.9. The second kappa shape index (κ2) is 10.4.